The number of ether oxygens (including phenoxy) is 1. The van der Waals surface area contributed by atoms with Crippen LogP contribution in [-0.2, 0) is 26.2 Å². The normalized spacial score (nSPS) is 31.3. The van der Waals surface area contributed by atoms with E-state index in [0.717, 1.165) is 29.1 Å². The molecule has 1 aromatic carbocycles. The molecule has 3 atom stereocenters. The van der Waals surface area contributed by atoms with Gasteiger partial charge in [-0.3, -0.25) is 4.79 Å². The lowest BCUT2D eigenvalue weighted by Crippen LogP contribution is -2.43. The second-order valence-electron chi connectivity index (χ2n) is 8.81. The Morgan fingerprint density at radius 1 is 1.29 bits per heavy atom. The number of rotatable bonds is 4. The summed E-state index contributed by atoms with van der Waals surface area (Å²) in [5.74, 6) is 5.35. The number of benzene rings is 1. The van der Waals surface area contributed by atoms with Gasteiger partial charge in [0.25, 0.3) is 0 Å². The molecule has 6 heteroatoms. The molecule has 1 heterocycles. The molecule has 1 spiro atoms. The molecule has 0 unspecified atom stereocenters. The van der Waals surface area contributed by atoms with E-state index >= 15 is 0 Å². The summed E-state index contributed by atoms with van der Waals surface area (Å²) in [7, 11) is -3.59. The predicted octanol–water partition coefficient (Wildman–Crippen LogP) is 2.96. The van der Waals surface area contributed by atoms with E-state index < -0.39 is 15.9 Å². The zero-order valence-electron chi connectivity index (χ0n) is 16.5. The van der Waals surface area contributed by atoms with E-state index in [1.54, 1.807) is 0 Å². The first kappa shape index (κ1) is 19.5. The lowest BCUT2D eigenvalue weighted by atomic mass is 9.69. The van der Waals surface area contributed by atoms with E-state index in [1.165, 1.54) is 0 Å². The number of fused-ring (bicyclic) bond motifs is 1. The molecular formula is C22H27NO4S. The summed E-state index contributed by atoms with van der Waals surface area (Å²) in [5.41, 5.74) is 0.740. The summed E-state index contributed by atoms with van der Waals surface area (Å²) < 4.78 is 32.3. The standard InChI is InChI=1S/C22H27NO4S/c1-21(2)18-11-12-22(21)16-28(25,26)23(19(22)14-18)20(24)10-6-7-13-27-15-17-8-4-3-5-9-17/h3-5,8-9,18-19H,7,11-16H2,1-2H3/t18-,19-,22-/m0/s1. The van der Waals surface area contributed by atoms with Crippen LogP contribution in [0.1, 0.15) is 45.1 Å². The van der Waals surface area contributed by atoms with Crippen LogP contribution in [0.5, 0.6) is 0 Å². The van der Waals surface area contributed by atoms with E-state index in [4.69, 9.17) is 4.74 Å². The Balaban J connectivity index is 1.37. The van der Waals surface area contributed by atoms with Gasteiger partial charge in [-0.15, -0.1) is 0 Å². The topological polar surface area (TPSA) is 63.7 Å². The number of hydrogen-bond donors (Lipinski definition) is 0. The lowest BCUT2D eigenvalue weighted by Gasteiger charge is -2.36. The third-order valence-corrected chi connectivity index (χ3v) is 9.19. The average Bonchev–Trinajstić information content (AvgIpc) is 3.13. The van der Waals surface area contributed by atoms with Crippen LogP contribution in [0.4, 0.5) is 0 Å². The van der Waals surface area contributed by atoms with Gasteiger partial charge in [-0.2, -0.15) is 0 Å². The monoisotopic (exact) mass is 401 g/mol. The van der Waals surface area contributed by atoms with Crippen molar-refractivity contribution in [2.75, 3.05) is 12.4 Å². The first-order valence-corrected chi connectivity index (χ1v) is 11.6. The Bertz CT molecular complexity index is 928. The molecule has 1 aromatic rings. The van der Waals surface area contributed by atoms with Gasteiger partial charge in [0.2, 0.25) is 10.0 Å². The van der Waals surface area contributed by atoms with E-state index in [2.05, 4.69) is 25.7 Å². The Morgan fingerprint density at radius 3 is 2.75 bits per heavy atom. The Hall–Kier alpha value is -1.84. The fraction of sp³-hybridized carbons (Fsp3) is 0.591. The molecule has 0 radical (unpaired) electrons. The first-order chi connectivity index (χ1) is 13.3. The second kappa shape index (κ2) is 6.89. The van der Waals surface area contributed by atoms with Gasteiger partial charge < -0.3 is 4.74 Å². The van der Waals surface area contributed by atoms with Crippen LogP contribution in [0.25, 0.3) is 0 Å². The van der Waals surface area contributed by atoms with Crippen LogP contribution in [-0.4, -0.2) is 37.0 Å². The van der Waals surface area contributed by atoms with Crippen molar-refractivity contribution in [3.05, 3.63) is 35.9 Å². The smallest absolute Gasteiger partial charge is 0.312 e. The zero-order chi connectivity index (χ0) is 20.0. The minimum atomic E-state index is -3.59. The van der Waals surface area contributed by atoms with Crippen LogP contribution in [0.2, 0.25) is 0 Å². The maximum Gasteiger partial charge on any atom is 0.312 e. The van der Waals surface area contributed by atoms with E-state index in [9.17, 15) is 13.2 Å². The number of nitrogens with zero attached hydrogens (tertiary/aromatic N) is 1. The highest BCUT2D eigenvalue weighted by molar-refractivity contribution is 7.90. The average molecular weight is 402 g/mol. The highest BCUT2D eigenvalue weighted by Gasteiger charge is 2.72. The minimum Gasteiger partial charge on any atom is -0.376 e. The predicted molar refractivity (Wildman–Crippen MR) is 106 cm³/mol. The third kappa shape index (κ3) is 2.96. The highest BCUT2D eigenvalue weighted by atomic mass is 32.2. The van der Waals surface area contributed by atoms with Crippen molar-refractivity contribution in [3.8, 4) is 11.8 Å². The van der Waals surface area contributed by atoms with E-state index in [1.807, 2.05) is 30.3 Å². The lowest BCUT2D eigenvalue weighted by molar-refractivity contribution is -0.123. The quantitative estimate of drug-likeness (QED) is 0.575. The van der Waals surface area contributed by atoms with Crippen LogP contribution in [0.3, 0.4) is 0 Å². The maximum absolute atomic E-state index is 12.8. The second-order valence-corrected chi connectivity index (χ2v) is 10.7. The third-order valence-electron chi connectivity index (χ3n) is 7.29. The summed E-state index contributed by atoms with van der Waals surface area (Å²) in [5, 5.41) is 0. The fourth-order valence-corrected chi connectivity index (χ4v) is 8.11. The van der Waals surface area contributed by atoms with Gasteiger partial charge in [-0.05, 0) is 42.1 Å². The molecule has 2 bridgehead atoms. The van der Waals surface area contributed by atoms with Crippen molar-refractivity contribution in [2.24, 2.45) is 16.7 Å². The Labute approximate surface area is 167 Å². The van der Waals surface area contributed by atoms with Crippen molar-refractivity contribution in [1.82, 2.24) is 4.31 Å². The van der Waals surface area contributed by atoms with Crippen LogP contribution in [0.15, 0.2) is 30.3 Å². The van der Waals surface area contributed by atoms with Crippen molar-refractivity contribution in [2.45, 2.75) is 52.2 Å². The summed E-state index contributed by atoms with van der Waals surface area (Å²) in [6.45, 7) is 5.25. The van der Waals surface area contributed by atoms with Gasteiger partial charge in [-0.25, -0.2) is 12.7 Å². The van der Waals surface area contributed by atoms with Crippen molar-refractivity contribution >= 4 is 15.9 Å². The van der Waals surface area contributed by atoms with Crippen LogP contribution < -0.4 is 0 Å². The van der Waals surface area contributed by atoms with Crippen molar-refractivity contribution < 1.29 is 17.9 Å². The fourth-order valence-electron chi connectivity index (χ4n) is 5.64. The van der Waals surface area contributed by atoms with Gasteiger partial charge in [0.15, 0.2) is 0 Å². The molecule has 2 aliphatic carbocycles. The SMILES string of the molecule is CC1(C)[C@H]2CC[C@@]13CS(=O)(=O)N(C(=O)C#CCCOCc1ccccc1)[C@H]3C2. The molecule has 150 valence electrons. The van der Waals surface area contributed by atoms with Crippen LogP contribution in [0, 0.1) is 28.6 Å². The zero-order valence-corrected chi connectivity index (χ0v) is 17.3. The Morgan fingerprint density at radius 2 is 2.04 bits per heavy atom. The van der Waals surface area contributed by atoms with E-state index in [0.29, 0.717) is 25.6 Å². The molecule has 3 aliphatic rings. The molecule has 1 saturated heterocycles. The molecule has 0 aromatic heterocycles. The summed E-state index contributed by atoms with van der Waals surface area (Å²) in [6, 6.07) is 9.62. The summed E-state index contributed by atoms with van der Waals surface area (Å²) in [4.78, 5) is 12.7. The van der Waals surface area contributed by atoms with Gasteiger partial charge in [0, 0.05) is 11.8 Å². The molecule has 1 amide bonds. The minimum absolute atomic E-state index is 0.0432. The number of carbonyl (C=O) groups excluding carboxylic acids is 1. The number of amides is 1. The van der Waals surface area contributed by atoms with Crippen molar-refractivity contribution in [3.63, 3.8) is 0 Å². The molecule has 3 fully saturated rings. The van der Waals surface area contributed by atoms with E-state index in [-0.39, 0.29) is 22.6 Å². The van der Waals surface area contributed by atoms with Crippen molar-refractivity contribution in [1.29, 1.82) is 0 Å². The molecule has 2 saturated carbocycles. The largest absolute Gasteiger partial charge is 0.376 e. The number of sulfonamides is 1. The highest BCUT2D eigenvalue weighted by Crippen LogP contribution is 2.69. The molecule has 0 N–H and O–H groups in total. The molecule has 28 heavy (non-hydrogen) atoms. The molecular weight excluding hydrogens is 374 g/mol. The van der Waals surface area contributed by atoms with Crippen LogP contribution >= 0.6 is 0 Å². The maximum atomic E-state index is 12.8. The Kier molecular flexibility index (Phi) is 4.79. The van der Waals surface area contributed by atoms with Gasteiger partial charge >= 0.3 is 5.91 Å². The molecule has 4 rings (SSSR count). The molecule has 1 aliphatic heterocycles. The number of carbonyl (C=O) groups is 1. The number of hydrogen-bond acceptors (Lipinski definition) is 4. The van der Waals surface area contributed by atoms with Gasteiger partial charge in [0.05, 0.1) is 25.0 Å². The first-order valence-electron chi connectivity index (χ1n) is 9.94. The summed E-state index contributed by atoms with van der Waals surface area (Å²) >= 11 is 0. The van der Waals surface area contributed by atoms with Gasteiger partial charge in [0.1, 0.15) is 0 Å². The van der Waals surface area contributed by atoms with Gasteiger partial charge in [-0.1, -0.05) is 50.1 Å². The summed E-state index contributed by atoms with van der Waals surface area (Å²) in [6.07, 6.45) is 3.13. The molecule has 5 nitrogen and oxygen atoms in total.